The van der Waals surface area contributed by atoms with Crippen molar-refractivity contribution in [1.29, 1.82) is 0 Å². The molecule has 2 fully saturated rings. The van der Waals surface area contributed by atoms with Crippen molar-refractivity contribution in [2.45, 2.75) is 57.0 Å². The second kappa shape index (κ2) is 9.97. The van der Waals surface area contributed by atoms with Crippen LogP contribution in [0.1, 0.15) is 56.1 Å². The molecule has 0 heterocycles. The Balaban J connectivity index is 0.000000347. The van der Waals surface area contributed by atoms with E-state index in [1.54, 1.807) is 25.0 Å². The summed E-state index contributed by atoms with van der Waals surface area (Å²) in [6, 6.07) is 5.87. The van der Waals surface area contributed by atoms with Gasteiger partial charge in [-0.1, -0.05) is 18.9 Å². The first-order valence-electron chi connectivity index (χ1n) is 10.5. The summed E-state index contributed by atoms with van der Waals surface area (Å²) in [5.41, 5.74) is 1.69. The van der Waals surface area contributed by atoms with Crippen LogP contribution in [0.5, 0.6) is 5.75 Å². The third-order valence-electron chi connectivity index (χ3n) is 7.10. The molecular weight excluding hydrogens is 416 g/mol. The van der Waals surface area contributed by atoms with E-state index in [2.05, 4.69) is 18.9 Å². The molecule has 1 aromatic carbocycles. The van der Waals surface area contributed by atoms with E-state index in [-0.39, 0.29) is 5.41 Å². The lowest BCUT2D eigenvalue weighted by Gasteiger charge is -2.52. The Morgan fingerprint density at radius 2 is 1.67 bits per heavy atom. The smallest absolute Gasteiger partial charge is 0.130 e. The summed E-state index contributed by atoms with van der Waals surface area (Å²) in [5.74, 6) is 4.82. The highest BCUT2D eigenvalue weighted by molar-refractivity contribution is 7.83. The number of aryl methyl sites for hydroxylation is 1. The zero-order valence-electron chi connectivity index (χ0n) is 18.8. The summed E-state index contributed by atoms with van der Waals surface area (Å²) in [6.07, 6.45) is 18.3. The fourth-order valence-corrected chi connectivity index (χ4v) is 5.82. The Bertz CT molecular complexity index is 826. The predicted molar refractivity (Wildman–Crippen MR) is 126 cm³/mol. The van der Waals surface area contributed by atoms with E-state index in [4.69, 9.17) is 6.42 Å². The number of fused-ring (bicyclic) bond motifs is 5. The van der Waals surface area contributed by atoms with Crippen LogP contribution in [0.15, 0.2) is 18.2 Å². The highest BCUT2D eigenvalue weighted by atomic mass is 32.2. The van der Waals surface area contributed by atoms with Crippen molar-refractivity contribution >= 4 is 21.6 Å². The van der Waals surface area contributed by atoms with E-state index in [1.807, 2.05) is 12.1 Å². The normalized spacial score (nSPS) is 33.8. The summed E-state index contributed by atoms with van der Waals surface area (Å²) in [4.78, 5) is 0. The average Bonchev–Trinajstić information content (AvgIpc) is 2.92. The van der Waals surface area contributed by atoms with Gasteiger partial charge >= 0.3 is 0 Å². The minimum atomic E-state index is -0.919. The second-order valence-corrected chi connectivity index (χ2v) is 12.2. The molecule has 0 aromatic heterocycles. The van der Waals surface area contributed by atoms with E-state index >= 15 is 0 Å². The van der Waals surface area contributed by atoms with Crippen LogP contribution in [0, 0.1) is 29.6 Å². The molecule has 0 radical (unpaired) electrons. The molecule has 0 bridgehead atoms. The number of hydrogen-bond acceptors (Lipinski definition) is 4. The minimum Gasteiger partial charge on any atom is -0.508 e. The van der Waals surface area contributed by atoms with E-state index in [0.717, 1.165) is 38.5 Å². The Hall–Kier alpha value is -1.16. The van der Waals surface area contributed by atoms with Gasteiger partial charge in [-0.15, -0.1) is 6.42 Å². The number of phenols is 1. The highest BCUT2D eigenvalue weighted by Gasteiger charge is 2.61. The van der Waals surface area contributed by atoms with Crippen molar-refractivity contribution in [3.63, 3.8) is 0 Å². The van der Waals surface area contributed by atoms with Crippen LogP contribution < -0.4 is 0 Å². The van der Waals surface area contributed by atoms with E-state index < -0.39 is 27.2 Å². The standard InChI is InChI=1S/C20H24O2.2C2H6OS/c1-3-20(22)11-9-18-17-6-4-13-12-14(21)5-7-15(13)16(17)8-10-19(18,20)2;2*1-4(2)3/h1,5,7,12,16-18,21-22H,4,6,8-11H2,2H3;2*1-2H3/t16-,17-,18+,19+,20+;;/m1../s1. The Morgan fingerprint density at radius 3 is 2.23 bits per heavy atom. The van der Waals surface area contributed by atoms with Crippen LogP contribution in [0.25, 0.3) is 0 Å². The fourth-order valence-electron chi connectivity index (χ4n) is 5.82. The summed E-state index contributed by atoms with van der Waals surface area (Å²) in [7, 11) is -1.22. The maximum absolute atomic E-state index is 10.9. The maximum Gasteiger partial charge on any atom is 0.130 e. The lowest BCUT2D eigenvalue weighted by atomic mass is 9.53. The lowest BCUT2D eigenvalue weighted by molar-refractivity contribution is -0.0646. The summed E-state index contributed by atoms with van der Waals surface area (Å²) in [6.45, 7) is 2.22. The first kappa shape index (κ1) is 25.1. The topological polar surface area (TPSA) is 74.6 Å². The van der Waals surface area contributed by atoms with Crippen LogP contribution in [0.4, 0.5) is 0 Å². The molecule has 0 aliphatic heterocycles. The van der Waals surface area contributed by atoms with Gasteiger partial charge in [0.15, 0.2) is 0 Å². The van der Waals surface area contributed by atoms with Crippen molar-refractivity contribution in [2.24, 2.45) is 17.3 Å². The summed E-state index contributed by atoms with van der Waals surface area (Å²) >= 11 is 0. The van der Waals surface area contributed by atoms with Gasteiger partial charge in [0.1, 0.15) is 11.4 Å². The lowest BCUT2D eigenvalue weighted by Crippen LogP contribution is -2.50. The largest absolute Gasteiger partial charge is 0.508 e. The number of rotatable bonds is 0. The third-order valence-corrected chi connectivity index (χ3v) is 7.10. The van der Waals surface area contributed by atoms with E-state index in [0.29, 0.717) is 23.5 Å². The number of aromatic hydroxyl groups is 1. The summed E-state index contributed by atoms with van der Waals surface area (Å²) < 4.78 is 19.1. The van der Waals surface area contributed by atoms with Crippen molar-refractivity contribution < 1.29 is 18.6 Å². The molecule has 1 aromatic rings. The quantitative estimate of drug-likeness (QED) is 0.590. The molecule has 5 atom stereocenters. The monoisotopic (exact) mass is 452 g/mol. The van der Waals surface area contributed by atoms with Crippen molar-refractivity contribution in [2.75, 3.05) is 25.0 Å². The average molecular weight is 453 g/mol. The molecule has 6 heteroatoms. The van der Waals surface area contributed by atoms with Crippen LogP contribution >= 0.6 is 0 Å². The third kappa shape index (κ3) is 5.18. The number of terminal acetylenes is 1. The second-order valence-electron chi connectivity index (χ2n) is 9.28. The molecule has 4 rings (SSSR count). The van der Waals surface area contributed by atoms with Gasteiger partial charge in [0.2, 0.25) is 0 Å². The van der Waals surface area contributed by atoms with E-state index in [9.17, 15) is 18.6 Å². The van der Waals surface area contributed by atoms with Crippen LogP contribution in [0.2, 0.25) is 0 Å². The first-order chi connectivity index (χ1) is 13.9. The summed E-state index contributed by atoms with van der Waals surface area (Å²) in [5, 5.41) is 20.6. The van der Waals surface area contributed by atoms with Gasteiger partial charge in [0, 0.05) is 52.0 Å². The molecule has 30 heavy (non-hydrogen) atoms. The number of benzene rings is 1. The van der Waals surface area contributed by atoms with E-state index in [1.165, 1.54) is 11.1 Å². The Kier molecular flexibility index (Phi) is 8.35. The number of phenolic OH excluding ortho intramolecular Hbond substituents is 1. The molecule has 168 valence electrons. The molecule has 3 aliphatic rings. The molecule has 2 N–H and O–H groups in total. The van der Waals surface area contributed by atoms with Gasteiger partial charge in [-0.05, 0) is 79.5 Å². The fraction of sp³-hybridized carbons (Fsp3) is 0.667. The highest BCUT2D eigenvalue weighted by Crippen LogP contribution is 2.64. The van der Waals surface area contributed by atoms with Gasteiger partial charge in [-0.2, -0.15) is 0 Å². The molecule has 0 unspecified atom stereocenters. The Labute approximate surface area is 186 Å². The van der Waals surface area contributed by atoms with Gasteiger partial charge in [-0.25, -0.2) is 0 Å². The molecular formula is C24H36O4S2. The maximum atomic E-state index is 10.9. The molecule has 0 amide bonds. The van der Waals surface area contributed by atoms with Crippen molar-refractivity contribution in [3.8, 4) is 18.1 Å². The number of aliphatic hydroxyl groups is 1. The Morgan fingerprint density at radius 1 is 1.07 bits per heavy atom. The van der Waals surface area contributed by atoms with Crippen molar-refractivity contribution in [1.82, 2.24) is 0 Å². The first-order valence-corrected chi connectivity index (χ1v) is 14.4. The van der Waals surface area contributed by atoms with Crippen LogP contribution in [-0.2, 0) is 28.0 Å². The molecule has 0 saturated heterocycles. The zero-order valence-corrected chi connectivity index (χ0v) is 20.4. The molecule has 0 spiro atoms. The van der Waals surface area contributed by atoms with Crippen LogP contribution in [-0.4, -0.2) is 49.3 Å². The minimum absolute atomic E-state index is 0.128. The van der Waals surface area contributed by atoms with Crippen molar-refractivity contribution in [3.05, 3.63) is 29.3 Å². The molecule has 2 saturated carbocycles. The SMILES string of the molecule is C#C[C@]1(O)CC[C@H]2[C@@H]3CCc4cc(O)ccc4[C@H]3CC[C@@]21C.CS(C)=O.CS(C)=O. The van der Waals surface area contributed by atoms with Gasteiger partial charge in [0.25, 0.3) is 0 Å². The zero-order chi connectivity index (χ0) is 22.7. The van der Waals surface area contributed by atoms with Gasteiger partial charge < -0.3 is 10.2 Å². The number of hydrogen-bond donors (Lipinski definition) is 2. The van der Waals surface area contributed by atoms with Gasteiger partial charge in [0.05, 0.1) is 0 Å². The van der Waals surface area contributed by atoms with Gasteiger partial charge in [-0.3, -0.25) is 8.42 Å². The molecule has 4 nitrogen and oxygen atoms in total. The molecule has 3 aliphatic carbocycles. The predicted octanol–water partition coefficient (Wildman–Crippen LogP) is 3.60. The van der Waals surface area contributed by atoms with Crippen LogP contribution in [0.3, 0.4) is 0 Å².